The summed E-state index contributed by atoms with van der Waals surface area (Å²) < 4.78 is 19.8. The van der Waals surface area contributed by atoms with E-state index >= 15 is 0 Å². The minimum atomic E-state index is -3.23. The smallest absolute Gasteiger partial charge is 0.247 e. The van der Waals surface area contributed by atoms with E-state index in [1.807, 2.05) is 84.9 Å². The number of rotatable bonds is 8. The first kappa shape index (κ1) is 22.0. The SMILES string of the molecule is CC[C@@H](Cc1ccccc1)C(=NP(=O)(c1ccccc1)c1ccccc1)c1ccccc1. The summed E-state index contributed by atoms with van der Waals surface area (Å²) in [5.41, 5.74) is 3.20. The van der Waals surface area contributed by atoms with Crippen LogP contribution in [-0.2, 0) is 11.0 Å². The maximum Gasteiger partial charge on any atom is 0.247 e. The average molecular weight is 438 g/mol. The Morgan fingerprint density at radius 2 is 1.12 bits per heavy atom. The summed E-state index contributed by atoms with van der Waals surface area (Å²) in [7, 11) is -3.23. The van der Waals surface area contributed by atoms with Gasteiger partial charge in [0.05, 0.1) is 5.71 Å². The van der Waals surface area contributed by atoms with Crippen molar-refractivity contribution >= 4 is 23.6 Å². The van der Waals surface area contributed by atoms with E-state index in [0.717, 1.165) is 34.7 Å². The first-order chi connectivity index (χ1) is 15.7. The maximum absolute atomic E-state index is 14.7. The van der Waals surface area contributed by atoms with Gasteiger partial charge in [-0.1, -0.05) is 104 Å². The second-order valence-corrected chi connectivity index (χ2v) is 10.3. The van der Waals surface area contributed by atoms with Crippen LogP contribution in [0.2, 0.25) is 0 Å². The number of hydrogen-bond donors (Lipinski definition) is 0. The lowest BCUT2D eigenvalue weighted by Crippen LogP contribution is -2.22. The van der Waals surface area contributed by atoms with Crippen molar-refractivity contribution in [3.63, 3.8) is 0 Å². The molecule has 0 heterocycles. The molecule has 160 valence electrons. The van der Waals surface area contributed by atoms with Gasteiger partial charge in [-0.2, -0.15) is 0 Å². The Morgan fingerprint density at radius 1 is 0.688 bits per heavy atom. The molecular weight excluding hydrogens is 409 g/mol. The Kier molecular flexibility index (Phi) is 7.14. The van der Waals surface area contributed by atoms with E-state index in [4.69, 9.17) is 4.76 Å². The van der Waals surface area contributed by atoms with E-state index in [2.05, 4.69) is 43.3 Å². The van der Waals surface area contributed by atoms with Gasteiger partial charge in [-0.3, -0.25) is 4.57 Å². The van der Waals surface area contributed by atoms with Crippen molar-refractivity contribution in [1.82, 2.24) is 0 Å². The van der Waals surface area contributed by atoms with Crippen LogP contribution in [0.3, 0.4) is 0 Å². The molecule has 2 nitrogen and oxygen atoms in total. The van der Waals surface area contributed by atoms with Crippen LogP contribution in [0.15, 0.2) is 126 Å². The lowest BCUT2D eigenvalue weighted by atomic mass is 9.89. The van der Waals surface area contributed by atoms with Crippen LogP contribution in [0.25, 0.3) is 0 Å². The molecule has 0 aliphatic rings. The summed E-state index contributed by atoms with van der Waals surface area (Å²) in [5.74, 6) is 0.153. The first-order valence-corrected chi connectivity index (χ1v) is 12.8. The van der Waals surface area contributed by atoms with E-state index in [1.165, 1.54) is 5.56 Å². The molecule has 0 N–H and O–H groups in total. The van der Waals surface area contributed by atoms with Gasteiger partial charge in [-0.15, -0.1) is 0 Å². The topological polar surface area (TPSA) is 29.4 Å². The fraction of sp³-hybridized carbons (Fsp3) is 0.138. The second kappa shape index (κ2) is 10.4. The molecule has 0 saturated carbocycles. The summed E-state index contributed by atoms with van der Waals surface area (Å²) in [5, 5.41) is 1.52. The summed E-state index contributed by atoms with van der Waals surface area (Å²) in [6.07, 6.45) is 1.76. The minimum absolute atomic E-state index is 0.153. The lowest BCUT2D eigenvalue weighted by Gasteiger charge is -2.22. The molecule has 0 aliphatic heterocycles. The van der Waals surface area contributed by atoms with Gasteiger partial charge < -0.3 is 0 Å². The fourth-order valence-electron chi connectivity index (χ4n) is 3.99. The molecule has 3 heteroatoms. The zero-order valence-electron chi connectivity index (χ0n) is 18.3. The summed E-state index contributed by atoms with van der Waals surface area (Å²) in [6.45, 7) is 2.18. The van der Waals surface area contributed by atoms with Crippen molar-refractivity contribution in [1.29, 1.82) is 0 Å². The largest absolute Gasteiger partial charge is 0.288 e. The highest BCUT2D eigenvalue weighted by Gasteiger charge is 2.29. The molecule has 0 fully saturated rings. The predicted octanol–water partition coefficient (Wildman–Crippen LogP) is 6.67. The van der Waals surface area contributed by atoms with E-state index in [-0.39, 0.29) is 5.92 Å². The normalized spacial score (nSPS) is 13.0. The molecule has 0 radical (unpaired) electrons. The van der Waals surface area contributed by atoms with E-state index in [0.29, 0.717) is 0 Å². The van der Waals surface area contributed by atoms with Gasteiger partial charge in [-0.25, -0.2) is 4.76 Å². The van der Waals surface area contributed by atoms with Crippen molar-refractivity contribution in [2.45, 2.75) is 19.8 Å². The van der Waals surface area contributed by atoms with E-state index in [9.17, 15) is 4.57 Å². The molecule has 4 aromatic rings. The van der Waals surface area contributed by atoms with Gasteiger partial charge in [-0.05, 0) is 48.2 Å². The third-order valence-electron chi connectivity index (χ3n) is 5.73. The number of hydrogen-bond acceptors (Lipinski definition) is 1. The lowest BCUT2D eigenvalue weighted by molar-refractivity contribution is 0.587. The highest BCUT2D eigenvalue weighted by molar-refractivity contribution is 7.77. The van der Waals surface area contributed by atoms with Crippen molar-refractivity contribution in [2.24, 2.45) is 10.7 Å². The van der Waals surface area contributed by atoms with Crippen molar-refractivity contribution in [3.05, 3.63) is 132 Å². The fourth-order valence-corrected chi connectivity index (χ4v) is 6.26. The maximum atomic E-state index is 14.7. The van der Waals surface area contributed by atoms with E-state index < -0.39 is 7.29 Å². The predicted molar refractivity (Wildman–Crippen MR) is 137 cm³/mol. The van der Waals surface area contributed by atoms with Gasteiger partial charge in [0.2, 0.25) is 7.29 Å². The van der Waals surface area contributed by atoms with Crippen LogP contribution in [0.1, 0.15) is 24.5 Å². The molecular formula is C29H28NOP. The minimum Gasteiger partial charge on any atom is -0.288 e. The average Bonchev–Trinajstić information content (AvgIpc) is 2.88. The Balaban J connectivity index is 1.90. The van der Waals surface area contributed by atoms with Crippen molar-refractivity contribution in [3.8, 4) is 0 Å². The second-order valence-electron chi connectivity index (χ2n) is 7.89. The van der Waals surface area contributed by atoms with Crippen molar-refractivity contribution in [2.75, 3.05) is 0 Å². The van der Waals surface area contributed by atoms with Crippen LogP contribution in [-0.4, -0.2) is 5.71 Å². The third kappa shape index (κ3) is 4.98. The third-order valence-corrected chi connectivity index (χ3v) is 8.23. The van der Waals surface area contributed by atoms with Gasteiger partial charge in [0.25, 0.3) is 0 Å². The van der Waals surface area contributed by atoms with Gasteiger partial charge in [0.1, 0.15) is 0 Å². The number of nitrogens with zero attached hydrogens (tertiary/aromatic N) is 1. The summed E-state index contributed by atoms with van der Waals surface area (Å²) >= 11 is 0. The molecule has 0 aromatic heterocycles. The summed E-state index contributed by atoms with van der Waals surface area (Å²) in [4.78, 5) is 0. The van der Waals surface area contributed by atoms with Crippen LogP contribution < -0.4 is 10.6 Å². The number of benzene rings is 4. The van der Waals surface area contributed by atoms with Crippen LogP contribution in [0.5, 0.6) is 0 Å². The van der Waals surface area contributed by atoms with Gasteiger partial charge >= 0.3 is 0 Å². The molecule has 0 unspecified atom stereocenters. The standard InChI is InChI=1S/C29H28NOP/c1-2-25(23-24-15-7-3-8-16-24)29(26-17-9-4-10-18-26)30-32(31,27-19-11-5-12-20-27)28-21-13-6-14-22-28/h3-22,25H,2,23H2,1H3/t25-/m0/s1. The molecule has 1 atom stereocenters. The molecule has 0 saturated heterocycles. The molecule has 0 aliphatic carbocycles. The zero-order chi connectivity index (χ0) is 22.2. The highest BCUT2D eigenvalue weighted by Crippen LogP contribution is 2.46. The molecule has 32 heavy (non-hydrogen) atoms. The Morgan fingerprint density at radius 3 is 1.59 bits per heavy atom. The Labute approximate surface area is 191 Å². The Hall–Kier alpha value is -3.22. The zero-order valence-corrected chi connectivity index (χ0v) is 19.2. The molecule has 4 rings (SSSR count). The monoisotopic (exact) mass is 437 g/mol. The van der Waals surface area contributed by atoms with Crippen LogP contribution in [0, 0.1) is 5.92 Å². The van der Waals surface area contributed by atoms with Crippen LogP contribution in [0.4, 0.5) is 0 Å². The van der Waals surface area contributed by atoms with Crippen LogP contribution >= 0.6 is 7.29 Å². The first-order valence-electron chi connectivity index (χ1n) is 11.1. The highest BCUT2D eigenvalue weighted by atomic mass is 31.2. The quantitative estimate of drug-likeness (QED) is 0.223. The van der Waals surface area contributed by atoms with Crippen molar-refractivity contribution < 1.29 is 4.57 Å². The van der Waals surface area contributed by atoms with Gasteiger partial charge in [0, 0.05) is 16.5 Å². The molecule has 0 spiro atoms. The molecule has 0 amide bonds. The van der Waals surface area contributed by atoms with Gasteiger partial charge in [0.15, 0.2) is 0 Å². The summed E-state index contributed by atoms with van der Waals surface area (Å²) in [6, 6.07) is 40.0. The van der Waals surface area contributed by atoms with E-state index in [1.54, 1.807) is 0 Å². The Bertz CT molecular complexity index is 1150. The molecule has 0 bridgehead atoms. The molecule has 4 aromatic carbocycles.